The molecule has 0 saturated carbocycles. The van der Waals surface area contributed by atoms with Crippen molar-refractivity contribution in [1.82, 2.24) is 9.88 Å². The highest BCUT2D eigenvalue weighted by molar-refractivity contribution is 7.22. The lowest BCUT2D eigenvalue weighted by atomic mass is 10.0. The van der Waals surface area contributed by atoms with E-state index in [1.165, 1.54) is 17.4 Å². The molecular weight excluding hydrogens is 389 g/mol. The molecule has 1 aliphatic heterocycles. The molecule has 152 valence electrons. The first-order chi connectivity index (χ1) is 13.9. The minimum atomic E-state index is -0.812. The fourth-order valence-electron chi connectivity index (χ4n) is 4.07. The Kier molecular flexibility index (Phi) is 5.52. The van der Waals surface area contributed by atoms with Crippen molar-refractivity contribution in [3.05, 3.63) is 59.4 Å². The number of piperazine rings is 1. The maximum Gasteiger partial charge on any atom is 0.307 e. The second kappa shape index (κ2) is 8.08. The van der Waals surface area contributed by atoms with Crippen molar-refractivity contribution in [2.24, 2.45) is 0 Å². The summed E-state index contributed by atoms with van der Waals surface area (Å²) >= 11 is 1.54. The second-order valence-corrected chi connectivity index (χ2v) is 8.78. The van der Waals surface area contributed by atoms with Crippen LogP contribution in [0.1, 0.15) is 25.0 Å². The van der Waals surface area contributed by atoms with Crippen molar-refractivity contribution >= 4 is 32.7 Å². The third-order valence-corrected chi connectivity index (χ3v) is 6.50. The van der Waals surface area contributed by atoms with Crippen LogP contribution in [-0.2, 0) is 17.8 Å². The van der Waals surface area contributed by atoms with Gasteiger partial charge in [-0.3, -0.25) is 9.69 Å². The first kappa shape index (κ1) is 19.8. The number of carbonyl (C=O) groups is 1. The van der Waals surface area contributed by atoms with Gasteiger partial charge >= 0.3 is 5.97 Å². The molecule has 5 nitrogen and oxygen atoms in total. The Balaban J connectivity index is 1.48. The van der Waals surface area contributed by atoms with E-state index in [0.717, 1.165) is 46.1 Å². The van der Waals surface area contributed by atoms with Gasteiger partial charge in [-0.1, -0.05) is 35.6 Å². The van der Waals surface area contributed by atoms with Crippen LogP contribution in [0.25, 0.3) is 10.2 Å². The summed E-state index contributed by atoms with van der Waals surface area (Å²) in [5, 5.41) is 9.96. The topological polar surface area (TPSA) is 56.7 Å². The van der Waals surface area contributed by atoms with Gasteiger partial charge in [-0.05, 0) is 43.2 Å². The van der Waals surface area contributed by atoms with Crippen LogP contribution in [0.5, 0.6) is 0 Å². The molecule has 0 spiro atoms. The van der Waals surface area contributed by atoms with Crippen molar-refractivity contribution in [2.45, 2.75) is 38.9 Å². The van der Waals surface area contributed by atoms with Crippen LogP contribution < -0.4 is 4.90 Å². The molecule has 29 heavy (non-hydrogen) atoms. The van der Waals surface area contributed by atoms with E-state index in [4.69, 9.17) is 10.1 Å². The van der Waals surface area contributed by atoms with Gasteiger partial charge in [0.05, 0.1) is 16.6 Å². The lowest BCUT2D eigenvalue weighted by molar-refractivity contribution is -0.136. The summed E-state index contributed by atoms with van der Waals surface area (Å²) in [5.74, 6) is -1.04. The summed E-state index contributed by atoms with van der Waals surface area (Å²) < 4.78 is 14.4. The van der Waals surface area contributed by atoms with Crippen LogP contribution in [0.2, 0.25) is 0 Å². The highest BCUT2D eigenvalue weighted by Crippen LogP contribution is 2.32. The zero-order valence-electron chi connectivity index (χ0n) is 16.5. The lowest BCUT2D eigenvalue weighted by Crippen LogP contribution is -2.56. The molecule has 0 amide bonds. The number of hydrogen-bond donors (Lipinski definition) is 1. The molecular formula is C22H24FN3O2S. The number of thiazole rings is 1. The number of benzene rings is 2. The molecule has 4 rings (SSSR count). The standard InChI is InChI=1S/C22H24FN3O2S/c1-14-11-25(22-24-19-7-6-18(23)10-20(19)29-22)12-15(2)26(14)13-17-5-3-4-16(8-17)9-21(27)28/h3-8,10,14-15H,9,11-13H2,1-2H3,(H,27,28)/t14-,15+. The maximum absolute atomic E-state index is 13.5. The molecule has 1 N–H and O–H groups in total. The van der Waals surface area contributed by atoms with E-state index in [1.807, 2.05) is 18.2 Å². The first-order valence-electron chi connectivity index (χ1n) is 9.75. The van der Waals surface area contributed by atoms with Gasteiger partial charge in [0.1, 0.15) is 5.82 Å². The molecule has 7 heteroatoms. The Labute approximate surface area is 173 Å². The van der Waals surface area contributed by atoms with E-state index in [0.29, 0.717) is 12.1 Å². The van der Waals surface area contributed by atoms with Gasteiger partial charge in [-0.25, -0.2) is 9.37 Å². The average molecular weight is 414 g/mol. The normalized spacial score (nSPS) is 20.3. The zero-order chi connectivity index (χ0) is 20.5. The number of aliphatic carboxylic acids is 1. The molecule has 1 fully saturated rings. The number of nitrogens with zero attached hydrogens (tertiary/aromatic N) is 3. The Morgan fingerprint density at radius 3 is 2.62 bits per heavy atom. The van der Waals surface area contributed by atoms with Gasteiger partial charge in [-0.2, -0.15) is 0 Å². The van der Waals surface area contributed by atoms with Crippen LogP contribution in [0, 0.1) is 5.82 Å². The Morgan fingerprint density at radius 2 is 1.90 bits per heavy atom. The molecule has 0 radical (unpaired) electrons. The minimum absolute atomic E-state index is 0.0466. The first-order valence-corrected chi connectivity index (χ1v) is 10.6. The fourth-order valence-corrected chi connectivity index (χ4v) is 5.08. The van der Waals surface area contributed by atoms with Gasteiger partial charge in [0, 0.05) is 31.7 Å². The molecule has 2 aromatic carbocycles. The molecule has 2 heterocycles. The third-order valence-electron chi connectivity index (χ3n) is 5.42. The monoisotopic (exact) mass is 413 g/mol. The van der Waals surface area contributed by atoms with Gasteiger partial charge in [0.2, 0.25) is 0 Å². The number of halogens is 1. The van der Waals surface area contributed by atoms with E-state index in [1.54, 1.807) is 12.1 Å². The molecule has 0 unspecified atom stereocenters. The second-order valence-electron chi connectivity index (χ2n) is 7.77. The van der Waals surface area contributed by atoms with Crippen LogP contribution in [0.15, 0.2) is 42.5 Å². The van der Waals surface area contributed by atoms with Gasteiger partial charge in [0.15, 0.2) is 5.13 Å². The molecule has 2 atom stereocenters. The smallest absolute Gasteiger partial charge is 0.307 e. The van der Waals surface area contributed by atoms with Crippen molar-refractivity contribution in [2.75, 3.05) is 18.0 Å². The van der Waals surface area contributed by atoms with E-state index in [2.05, 4.69) is 29.7 Å². The van der Waals surface area contributed by atoms with E-state index < -0.39 is 5.97 Å². The summed E-state index contributed by atoms with van der Waals surface area (Å²) in [5.41, 5.74) is 2.80. The van der Waals surface area contributed by atoms with Gasteiger partial charge < -0.3 is 10.0 Å². The molecule has 1 aromatic heterocycles. The van der Waals surface area contributed by atoms with Gasteiger partial charge in [-0.15, -0.1) is 0 Å². The quantitative estimate of drug-likeness (QED) is 0.681. The summed E-state index contributed by atoms with van der Waals surface area (Å²) in [4.78, 5) is 20.4. The van der Waals surface area contributed by atoms with Crippen molar-refractivity contribution in [3.63, 3.8) is 0 Å². The number of rotatable bonds is 5. The highest BCUT2D eigenvalue weighted by atomic mass is 32.1. The number of carboxylic acids is 1. The van der Waals surface area contributed by atoms with Crippen molar-refractivity contribution in [1.29, 1.82) is 0 Å². The number of fused-ring (bicyclic) bond motifs is 1. The van der Waals surface area contributed by atoms with Crippen LogP contribution in [-0.4, -0.2) is 46.1 Å². The Bertz CT molecular complexity index is 1030. The highest BCUT2D eigenvalue weighted by Gasteiger charge is 2.31. The third kappa shape index (κ3) is 4.41. The zero-order valence-corrected chi connectivity index (χ0v) is 17.3. The SMILES string of the molecule is C[C@@H]1CN(c2nc3ccc(F)cc3s2)C[C@H](C)N1Cc1cccc(CC(=O)O)c1. The number of hydrogen-bond acceptors (Lipinski definition) is 5. The average Bonchev–Trinajstić information content (AvgIpc) is 3.07. The molecule has 0 aliphatic carbocycles. The van der Waals surface area contributed by atoms with Gasteiger partial charge in [0.25, 0.3) is 0 Å². The Hall–Kier alpha value is -2.51. The minimum Gasteiger partial charge on any atom is -0.481 e. The largest absolute Gasteiger partial charge is 0.481 e. The predicted molar refractivity (Wildman–Crippen MR) is 114 cm³/mol. The van der Waals surface area contributed by atoms with Crippen LogP contribution >= 0.6 is 11.3 Å². The summed E-state index contributed by atoms with van der Waals surface area (Å²) in [6.45, 7) is 6.89. The predicted octanol–water partition coefficient (Wildman–Crippen LogP) is 4.16. The van der Waals surface area contributed by atoms with E-state index in [-0.39, 0.29) is 12.2 Å². The summed E-state index contributed by atoms with van der Waals surface area (Å²) in [6, 6.07) is 13.2. The molecule has 0 bridgehead atoms. The fraction of sp³-hybridized carbons (Fsp3) is 0.364. The Morgan fingerprint density at radius 1 is 1.17 bits per heavy atom. The number of aromatic nitrogens is 1. The van der Waals surface area contributed by atoms with Crippen molar-refractivity contribution < 1.29 is 14.3 Å². The van der Waals surface area contributed by atoms with Crippen LogP contribution in [0.4, 0.5) is 9.52 Å². The molecule has 1 aliphatic rings. The molecule has 3 aromatic rings. The maximum atomic E-state index is 13.5. The van der Waals surface area contributed by atoms with E-state index >= 15 is 0 Å². The van der Waals surface area contributed by atoms with Crippen LogP contribution in [0.3, 0.4) is 0 Å². The number of carboxylic acid groups (broad SMARTS) is 1. The molecule has 1 saturated heterocycles. The summed E-state index contributed by atoms with van der Waals surface area (Å²) in [6.07, 6.45) is 0.0466. The van der Waals surface area contributed by atoms with E-state index in [9.17, 15) is 9.18 Å². The lowest BCUT2D eigenvalue weighted by Gasteiger charge is -2.44. The summed E-state index contributed by atoms with van der Waals surface area (Å²) in [7, 11) is 0. The number of anilines is 1. The van der Waals surface area contributed by atoms with Crippen molar-refractivity contribution in [3.8, 4) is 0 Å².